The molecule has 4 unspecified atom stereocenters. The van der Waals surface area contributed by atoms with Gasteiger partial charge in [0.05, 0.1) is 5.02 Å². The first-order valence-electron chi connectivity index (χ1n) is 8.21. The van der Waals surface area contributed by atoms with Gasteiger partial charge in [0.15, 0.2) is 0 Å². The Bertz CT molecular complexity index is 463. The van der Waals surface area contributed by atoms with Gasteiger partial charge in [0.25, 0.3) is 0 Å². The number of hydrogen-bond acceptors (Lipinski definition) is 1. The van der Waals surface area contributed by atoms with Crippen LogP contribution in [0.15, 0.2) is 22.7 Å². The first-order chi connectivity index (χ1) is 10.0. The van der Waals surface area contributed by atoms with Crippen LogP contribution in [0.4, 0.5) is 0 Å². The molecule has 1 fully saturated rings. The van der Waals surface area contributed by atoms with Crippen molar-refractivity contribution < 1.29 is 0 Å². The van der Waals surface area contributed by atoms with E-state index in [-0.39, 0.29) is 0 Å². The molecule has 1 N–H and O–H groups in total. The molecule has 0 amide bonds. The Balaban J connectivity index is 2.19. The van der Waals surface area contributed by atoms with Crippen molar-refractivity contribution in [2.45, 2.75) is 52.5 Å². The van der Waals surface area contributed by atoms with Crippen LogP contribution in [0.1, 0.15) is 58.1 Å². The molecule has 0 saturated heterocycles. The van der Waals surface area contributed by atoms with E-state index in [0.717, 1.165) is 33.8 Å². The molecule has 1 aromatic rings. The van der Waals surface area contributed by atoms with E-state index in [1.54, 1.807) is 0 Å². The maximum Gasteiger partial charge on any atom is 0.0551 e. The van der Waals surface area contributed by atoms with Crippen molar-refractivity contribution in [3.63, 3.8) is 0 Å². The summed E-state index contributed by atoms with van der Waals surface area (Å²) >= 11 is 9.80. The molecule has 0 radical (unpaired) electrons. The van der Waals surface area contributed by atoms with Gasteiger partial charge in [-0.05, 0) is 77.2 Å². The minimum atomic E-state index is 0.436. The summed E-state index contributed by atoms with van der Waals surface area (Å²) in [7, 11) is 0. The number of benzene rings is 1. The molecule has 3 heteroatoms. The summed E-state index contributed by atoms with van der Waals surface area (Å²) < 4.78 is 0.979. The lowest BCUT2D eigenvalue weighted by atomic mass is 9.72. The normalized spacial score (nSPS) is 27.6. The maximum atomic E-state index is 6.31. The van der Waals surface area contributed by atoms with Gasteiger partial charge in [-0.3, -0.25) is 0 Å². The minimum Gasteiger partial charge on any atom is -0.310 e. The summed E-state index contributed by atoms with van der Waals surface area (Å²) in [6.45, 7) is 8.09. The fourth-order valence-electron chi connectivity index (χ4n) is 3.45. The summed E-state index contributed by atoms with van der Waals surface area (Å²) in [5, 5.41) is 4.58. The van der Waals surface area contributed by atoms with E-state index in [1.165, 1.54) is 31.2 Å². The topological polar surface area (TPSA) is 12.0 Å². The Labute approximate surface area is 143 Å². The lowest BCUT2D eigenvalue weighted by molar-refractivity contribution is 0.171. The lowest BCUT2D eigenvalue weighted by Crippen LogP contribution is -2.33. The van der Waals surface area contributed by atoms with Crippen molar-refractivity contribution in [2.75, 3.05) is 6.54 Å². The van der Waals surface area contributed by atoms with E-state index >= 15 is 0 Å². The van der Waals surface area contributed by atoms with Crippen LogP contribution < -0.4 is 5.32 Å². The van der Waals surface area contributed by atoms with Crippen LogP contribution in [0, 0.1) is 17.8 Å². The molecule has 0 aliphatic heterocycles. The molecule has 1 aliphatic carbocycles. The van der Waals surface area contributed by atoms with E-state index in [9.17, 15) is 0 Å². The van der Waals surface area contributed by atoms with Crippen LogP contribution >= 0.6 is 27.5 Å². The van der Waals surface area contributed by atoms with Gasteiger partial charge in [0, 0.05) is 10.5 Å². The Morgan fingerprint density at radius 2 is 2.05 bits per heavy atom. The summed E-state index contributed by atoms with van der Waals surface area (Å²) in [5.74, 6) is 2.40. The zero-order valence-corrected chi connectivity index (χ0v) is 15.7. The van der Waals surface area contributed by atoms with Gasteiger partial charge in [-0.25, -0.2) is 0 Å². The van der Waals surface area contributed by atoms with Crippen molar-refractivity contribution in [3.8, 4) is 0 Å². The maximum absolute atomic E-state index is 6.31. The number of nitrogens with one attached hydrogen (secondary N) is 1. The third-order valence-corrected chi connectivity index (χ3v) is 6.26. The predicted molar refractivity (Wildman–Crippen MR) is 95.9 cm³/mol. The molecular formula is C18H27BrClN. The second-order valence-corrected chi connectivity index (χ2v) is 7.89. The molecular weight excluding hydrogens is 346 g/mol. The van der Waals surface area contributed by atoms with Gasteiger partial charge in [-0.1, -0.05) is 44.9 Å². The number of halogens is 2. The highest BCUT2D eigenvalue weighted by Gasteiger charge is 2.30. The molecule has 0 bridgehead atoms. The van der Waals surface area contributed by atoms with Crippen molar-refractivity contribution in [2.24, 2.45) is 17.8 Å². The Kier molecular flexibility index (Phi) is 6.58. The van der Waals surface area contributed by atoms with E-state index in [2.05, 4.69) is 60.2 Å². The standard InChI is InChI=1S/C18H27BrClN/c1-4-9-21-18(14-6-5-12(2)13(3)10-14)15-7-8-16(19)17(20)11-15/h7-8,11-14,18,21H,4-6,9-10H2,1-3H3. The van der Waals surface area contributed by atoms with Crippen molar-refractivity contribution in [1.82, 2.24) is 5.32 Å². The van der Waals surface area contributed by atoms with Gasteiger partial charge < -0.3 is 5.32 Å². The monoisotopic (exact) mass is 371 g/mol. The highest BCUT2D eigenvalue weighted by Crippen LogP contribution is 2.40. The van der Waals surface area contributed by atoms with E-state index in [1.807, 2.05) is 0 Å². The number of hydrogen-bond donors (Lipinski definition) is 1. The van der Waals surface area contributed by atoms with Crippen LogP contribution in [-0.4, -0.2) is 6.54 Å². The average molecular weight is 373 g/mol. The molecule has 0 spiro atoms. The van der Waals surface area contributed by atoms with Gasteiger partial charge >= 0.3 is 0 Å². The predicted octanol–water partition coefficient (Wildman–Crippen LogP) is 6.22. The quantitative estimate of drug-likeness (QED) is 0.647. The SMILES string of the molecule is CCCNC(c1ccc(Br)c(Cl)c1)C1CCC(C)C(C)C1. The van der Waals surface area contributed by atoms with Crippen LogP contribution in [-0.2, 0) is 0 Å². The van der Waals surface area contributed by atoms with Crippen LogP contribution in [0.25, 0.3) is 0 Å². The fraction of sp³-hybridized carbons (Fsp3) is 0.667. The van der Waals surface area contributed by atoms with Crippen molar-refractivity contribution in [1.29, 1.82) is 0 Å². The zero-order valence-electron chi connectivity index (χ0n) is 13.3. The third-order valence-electron chi connectivity index (χ3n) is 5.03. The molecule has 118 valence electrons. The van der Waals surface area contributed by atoms with E-state index in [4.69, 9.17) is 11.6 Å². The third kappa shape index (κ3) is 4.46. The van der Waals surface area contributed by atoms with Crippen LogP contribution in [0.5, 0.6) is 0 Å². The summed E-state index contributed by atoms with van der Waals surface area (Å²) in [6.07, 6.45) is 5.15. The molecule has 0 aromatic heterocycles. The second-order valence-electron chi connectivity index (χ2n) is 6.63. The Hall–Kier alpha value is -0.0500. The summed E-state index contributed by atoms with van der Waals surface area (Å²) in [6, 6.07) is 6.85. The molecule has 0 heterocycles. The molecule has 21 heavy (non-hydrogen) atoms. The second kappa shape index (κ2) is 7.99. The summed E-state index contributed by atoms with van der Waals surface area (Å²) in [4.78, 5) is 0. The molecule has 1 aliphatic rings. The fourth-order valence-corrected chi connectivity index (χ4v) is 3.89. The average Bonchev–Trinajstić information content (AvgIpc) is 2.46. The molecule has 1 aromatic carbocycles. The molecule has 2 rings (SSSR count). The highest BCUT2D eigenvalue weighted by molar-refractivity contribution is 9.10. The summed E-state index contributed by atoms with van der Waals surface area (Å²) in [5.41, 5.74) is 1.34. The Morgan fingerprint density at radius 1 is 1.29 bits per heavy atom. The van der Waals surface area contributed by atoms with Gasteiger partial charge in [0.2, 0.25) is 0 Å². The molecule has 1 saturated carbocycles. The van der Waals surface area contributed by atoms with Crippen LogP contribution in [0.3, 0.4) is 0 Å². The smallest absolute Gasteiger partial charge is 0.0551 e. The Morgan fingerprint density at radius 3 is 2.67 bits per heavy atom. The van der Waals surface area contributed by atoms with Gasteiger partial charge in [-0.15, -0.1) is 0 Å². The van der Waals surface area contributed by atoms with Crippen molar-refractivity contribution in [3.05, 3.63) is 33.3 Å². The zero-order chi connectivity index (χ0) is 15.4. The largest absolute Gasteiger partial charge is 0.310 e. The van der Waals surface area contributed by atoms with E-state index < -0.39 is 0 Å². The number of rotatable bonds is 5. The lowest BCUT2D eigenvalue weighted by Gasteiger charge is -2.37. The highest BCUT2D eigenvalue weighted by atomic mass is 79.9. The molecule has 1 nitrogen and oxygen atoms in total. The van der Waals surface area contributed by atoms with Gasteiger partial charge in [0.1, 0.15) is 0 Å². The minimum absolute atomic E-state index is 0.436. The van der Waals surface area contributed by atoms with Gasteiger partial charge in [-0.2, -0.15) is 0 Å². The van der Waals surface area contributed by atoms with Crippen molar-refractivity contribution >= 4 is 27.5 Å². The molecule has 4 atom stereocenters. The first-order valence-corrected chi connectivity index (χ1v) is 9.38. The van der Waals surface area contributed by atoms with Crippen LogP contribution in [0.2, 0.25) is 5.02 Å². The first kappa shape index (κ1) is 17.3. The van der Waals surface area contributed by atoms with E-state index in [0.29, 0.717) is 6.04 Å².